The molecule has 0 fully saturated rings. The van der Waals surface area contributed by atoms with Gasteiger partial charge in [0.2, 0.25) is 5.91 Å². The molecule has 0 radical (unpaired) electrons. The standard InChI is InChI=1S/C19H18ClN3O2S/c1-25-16-7-4-6-15(11-16)22-18(24)13-26-19-21-9-10-23(19)12-14-5-2-3-8-17(14)20/h2-11H,12-13H2,1H3,(H,22,24). The zero-order chi connectivity index (χ0) is 18.4. The first kappa shape index (κ1) is 18.4. The molecule has 0 spiro atoms. The summed E-state index contributed by atoms with van der Waals surface area (Å²) in [6, 6.07) is 15.0. The number of anilines is 1. The number of benzene rings is 2. The number of amides is 1. The molecule has 5 nitrogen and oxygen atoms in total. The number of nitrogens with one attached hydrogen (secondary N) is 1. The number of carbonyl (C=O) groups excluding carboxylic acids is 1. The summed E-state index contributed by atoms with van der Waals surface area (Å²) in [6.07, 6.45) is 3.60. The number of methoxy groups -OCH3 is 1. The van der Waals surface area contributed by atoms with Crippen LogP contribution in [0.15, 0.2) is 66.1 Å². The van der Waals surface area contributed by atoms with Crippen molar-refractivity contribution in [1.29, 1.82) is 0 Å². The average molecular weight is 388 g/mol. The van der Waals surface area contributed by atoms with Gasteiger partial charge in [-0.2, -0.15) is 0 Å². The number of ether oxygens (including phenoxy) is 1. The Labute approximate surface area is 161 Å². The summed E-state index contributed by atoms with van der Waals surface area (Å²) in [5, 5.41) is 4.34. The van der Waals surface area contributed by atoms with Crippen molar-refractivity contribution < 1.29 is 9.53 Å². The highest BCUT2D eigenvalue weighted by Crippen LogP contribution is 2.22. The van der Waals surface area contributed by atoms with E-state index in [1.165, 1.54) is 11.8 Å². The van der Waals surface area contributed by atoms with Crippen molar-refractivity contribution in [2.45, 2.75) is 11.7 Å². The molecule has 1 heterocycles. The molecule has 26 heavy (non-hydrogen) atoms. The minimum absolute atomic E-state index is 0.101. The van der Waals surface area contributed by atoms with Crippen LogP contribution in [0, 0.1) is 0 Å². The van der Waals surface area contributed by atoms with E-state index in [1.54, 1.807) is 19.4 Å². The fourth-order valence-corrected chi connectivity index (χ4v) is 3.35. The molecule has 2 aromatic carbocycles. The first-order valence-corrected chi connectivity index (χ1v) is 9.33. The van der Waals surface area contributed by atoms with Gasteiger partial charge in [-0.25, -0.2) is 4.98 Å². The Morgan fingerprint density at radius 2 is 2.12 bits per heavy atom. The fourth-order valence-electron chi connectivity index (χ4n) is 2.39. The van der Waals surface area contributed by atoms with Crippen LogP contribution in [0.25, 0.3) is 0 Å². The van der Waals surface area contributed by atoms with Crippen LogP contribution < -0.4 is 10.1 Å². The van der Waals surface area contributed by atoms with Gasteiger partial charge in [0.05, 0.1) is 19.4 Å². The highest BCUT2D eigenvalue weighted by atomic mass is 35.5. The Hall–Kier alpha value is -2.44. The maximum absolute atomic E-state index is 12.2. The second kappa shape index (κ2) is 8.78. The van der Waals surface area contributed by atoms with Gasteiger partial charge in [0, 0.05) is 29.2 Å². The lowest BCUT2D eigenvalue weighted by atomic mass is 10.2. The summed E-state index contributed by atoms with van der Waals surface area (Å²) in [6.45, 7) is 0.611. The number of imidazole rings is 1. The molecule has 0 aliphatic heterocycles. The van der Waals surface area contributed by atoms with E-state index < -0.39 is 0 Å². The second-order valence-corrected chi connectivity index (χ2v) is 6.85. The van der Waals surface area contributed by atoms with E-state index in [9.17, 15) is 4.79 Å². The van der Waals surface area contributed by atoms with E-state index in [0.29, 0.717) is 23.0 Å². The number of nitrogens with zero attached hydrogens (tertiary/aromatic N) is 2. The van der Waals surface area contributed by atoms with Crippen molar-refractivity contribution >= 4 is 35.0 Å². The molecule has 0 unspecified atom stereocenters. The van der Waals surface area contributed by atoms with Crippen molar-refractivity contribution in [1.82, 2.24) is 9.55 Å². The van der Waals surface area contributed by atoms with Gasteiger partial charge in [0.25, 0.3) is 0 Å². The lowest BCUT2D eigenvalue weighted by Crippen LogP contribution is -2.14. The molecule has 0 saturated carbocycles. The van der Waals surface area contributed by atoms with Gasteiger partial charge in [-0.1, -0.05) is 47.6 Å². The van der Waals surface area contributed by atoms with Gasteiger partial charge in [0.1, 0.15) is 5.75 Å². The smallest absolute Gasteiger partial charge is 0.234 e. The van der Waals surface area contributed by atoms with Gasteiger partial charge >= 0.3 is 0 Å². The van der Waals surface area contributed by atoms with E-state index in [1.807, 2.05) is 53.2 Å². The quantitative estimate of drug-likeness (QED) is 0.613. The molecular weight excluding hydrogens is 370 g/mol. The third-order valence-electron chi connectivity index (χ3n) is 3.66. The first-order valence-electron chi connectivity index (χ1n) is 7.97. The zero-order valence-corrected chi connectivity index (χ0v) is 15.8. The number of aromatic nitrogens is 2. The zero-order valence-electron chi connectivity index (χ0n) is 14.2. The molecular formula is C19H18ClN3O2S. The molecule has 1 aromatic heterocycles. The molecule has 0 bridgehead atoms. The molecule has 3 aromatic rings. The van der Waals surface area contributed by atoms with Crippen LogP contribution >= 0.6 is 23.4 Å². The molecule has 0 aliphatic rings. The highest BCUT2D eigenvalue weighted by molar-refractivity contribution is 7.99. The molecule has 1 amide bonds. The summed E-state index contributed by atoms with van der Waals surface area (Å²) < 4.78 is 7.13. The number of halogens is 1. The van der Waals surface area contributed by atoms with E-state index >= 15 is 0 Å². The maximum Gasteiger partial charge on any atom is 0.234 e. The first-order chi connectivity index (χ1) is 12.7. The van der Waals surface area contributed by atoms with Crippen LogP contribution in [0.2, 0.25) is 5.02 Å². The Kier molecular flexibility index (Phi) is 6.20. The largest absolute Gasteiger partial charge is 0.497 e. The predicted molar refractivity (Wildman–Crippen MR) is 105 cm³/mol. The minimum atomic E-state index is -0.101. The van der Waals surface area contributed by atoms with E-state index in [0.717, 1.165) is 10.7 Å². The Balaban J connectivity index is 1.59. The molecule has 0 aliphatic carbocycles. The monoisotopic (exact) mass is 387 g/mol. The predicted octanol–water partition coefficient (Wildman–Crippen LogP) is 4.32. The van der Waals surface area contributed by atoms with Crippen LogP contribution in [-0.2, 0) is 11.3 Å². The summed E-state index contributed by atoms with van der Waals surface area (Å²) in [5.74, 6) is 0.859. The molecule has 134 valence electrons. The SMILES string of the molecule is COc1cccc(NC(=O)CSc2nccn2Cc2ccccc2Cl)c1. The summed E-state index contributed by atoms with van der Waals surface area (Å²) >= 11 is 7.60. The van der Waals surface area contributed by atoms with Crippen molar-refractivity contribution in [3.8, 4) is 5.75 Å². The third-order valence-corrected chi connectivity index (χ3v) is 5.04. The van der Waals surface area contributed by atoms with Gasteiger partial charge in [-0.3, -0.25) is 4.79 Å². The molecule has 0 atom stereocenters. The van der Waals surface area contributed by atoms with Crippen molar-refractivity contribution in [3.05, 3.63) is 71.5 Å². The van der Waals surface area contributed by atoms with E-state index in [2.05, 4.69) is 10.3 Å². The topological polar surface area (TPSA) is 56.1 Å². The normalized spacial score (nSPS) is 10.5. The summed E-state index contributed by atoms with van der Waals surface area (Å²) in [5.41, 5.74) is 1.71. The van der Waals surface area contributed by atoms with Crippen LogP contribution in [0.1, 0.15) is 5.56 Å². The summed E-state index contributed by atoms with van der Waals surface area (Å²) in [4.78, 5) is 16.5. The number of hydrogen-bond donors (Lipinski definition) is 1. The molecule has 0 saturated heterocycles. The van der Waals surface area contributed by atoms with E-state index in [-0.39, 0.29) is 11.7 Å². The van der Waals surface area contributed by atoms with Crippen molar-refractivity contribution in [3.63, 3.8) is 0 Å². The number of thioether (sulfide) groups is 1. The Bertz CT molecular complexity index is 898. The Morgan fingerprint density at radius 1 is 1.27 bits per heavy atom. The number of carbonyl (C=O) groups is 1. The third kappa shape index (κ3) is 4.80. The van der Waals surface area contributed by atoms with Crippen LogP contribution in [0.5, 0.6) is 5.75 Å². The average Bonchev–Trinajstić information content (AvgIpc) is 3.09. The lowest BCUT2D eigenvalue weighted by molar-refractivity contribution is -0.113. The van der Waals surface area contributed by atoms with Gasteiger partial charge in [0.15, 0.2) is 5.16 Å². The number of rotatable bonds is 7. The molecule has 7 heteroatoms. The number of hydrogen-bond acceptors (Lipinski definition) is 4. The van der Waals surface area contributed by atoms with Crippen molar-refractivity contribution in [2.75, 3.05) is 18.2 Å². The lowest BCUT2D eigenvalue weighted by Gasteiger charge is -2.09. The molecule has 1 N–H and O–H groups in total. The fraction of sp³-hybridized carbons (Fsp3) is 0.158. The van der Waals surface area contributed by atoms with Crippen molar-refractivity contribution in [2.24, 2.45) is 0 Å². The maximum atomic E-state index is 12.2. The van der Waals surface area contributed by atoms with Crippen LogP contribution in [0.3, 0.4) is 0 Å². The van der Waals surface area contributed by atoms with Gasteiger partial charge < -0.3 is 14.6 Å². The molecule has 3 rings (SSSR count). The Morgan fingerprint density at radius 3 is 2.92 bits per heavy atom. The second-order valence-electron chi connectivity index (χ2n) is 5.50. The summed E-state index contributed by atoms with van der Waals surface area (Å²) in [7, 11) is 1.59. The van der Waals surface area contributed by atoms with E-state index in [4.69, 9.17) is 16.3 Å². The highest BCUT2D eigenvalue weighted by Gasteiger charge is 2.10. The minimum Gasteiger partial charge on any atom is -0.497 e. The van der Waals surface area contributed by atoms with Crippen LogP contribution in [0.4, 0.5) is 5.69 Å². The van der Waals surface area contributed by atoms with Gasteiger partial charge in [-0.15, -0.1) is 0 Å². The van der Waals surface area contributed by atoms with Crippen LogP contribution in [-0.4, -0.2) is 28.3 Å². The van der Waals surface area contributed by atoms with Gasteiger partial charge in [-0.05, 0) is 23.8 Å².